The minimum atomic E-state index is -0.237. The zero-order valence-corrected chi connectivity index (χ0v) is 12.1. The average molecular weight is 296 g/mol. The fourth-order valence-electron chi connectivity index (χ4n) is 1.80. The molecule has 0 radical (unpaired) electrons. The Morgan fingerprint density at radius 2 is 1.89 bits per heavy atom. The van der Waals surface area contributed by atoms with E-state index < -0.39 is 0 Å². The molecule has 100 valence electrons. The van der Waals surface area contributed by atoms with Crippen LogP contribution >= 0.6 is 23.4 Å². The van der Waals surface area contributed by atoms with Gasteiger partial charge < -0.3 is 5.73 Å². The van der Waals surface area contributed by atoms with Crippen molar-refractivity contribution in [1.29, 1.82) is 0 Å². The summed E-state index contributed by atoms with van der Waals surface area (Å²) in [4.78, 5) is 1.95. The Morgan fingerprint density at radius 3 is 2.53 bits per heavy atom. The zero-order chi connectivity index (χ0) is 13.8. The third-order valence-corrected chi connectivity index (χ3v) is 4.25. The van der Waals surface area contributed by atoms with E-state index in [1.165, 1.54) is 23.9 Å². The second-order valence-electron chi connectivity index (χ2n) is 4.47. The van der Waals surface area contributed by atoms with Crippen molar-refractivity contribution < 1.29 is 4.39 Å². The molecule has 0 saturated heterocycles. The molecule has 0 spiro atoms. The quantitative estimate of drug-likeness (QED) is 0.897. The molecule has 0 aliphatic heterocycles. The lowest BCUT2D eigenvalue weighted by Crippen LogP contribution is -2.18. The van der Waals surface area contributed by atoms with Crippen LogP contribution in [0.25, 0.3) is 0 Å². The first-order valence-electron chi connectivity index (χ1n) is 6.02. The molecule has 4 heteroatoms. The number of hydrogen-bond donors (Lipinski definition) is 1. The first kappa shape index (κ1) is 14.4. The van der Waals surface area contributed by atoms with Crippen LogP contribution in [0.5, 0.6) is 0 Å². The van der Waals surface area contributed by atoms with Gasteiger partial charge in [-0.2, -0.15) is 0 Å². The van der Waals surface area contributed by atoms with E-state index >= 15 is 0 Å². The molecule has 0 bridgehead atoms. The Kier molecular flexibility index (Phi) is 4.86. The minimum Gasteiger partial charge on any atom is -0.328 e. The van der Waals surface area contributed by atoms with Gasteiger partial charge >= 0.3 is 0 Å². The molecule has 2 rings (SSSR count). The Morgan fingerprint density at radius 1 is 1.21 bits per heavy atom. The van der Waals surface area contributed by atoms with Crippen molar-refractivity contribution in [3.8, 4) is 0 Å². The van der Waals surface area contributed by atoms with Gasteiger partial charge in [0.2, 0.25) is 0 Å². The van der Waals surface area contributed by atoms with Gasteiger partial charge in [-0.1, -0.05) is 35.5 Å². The maximum Gasteiger partial charge on any atom is 0.123 e. The average Bonchev–Trinajstić information content (AvgIpc) is 2.35. The lowest BCUT2D eigenvalue weighted by atomic mass is 10.1. The summed E-state index contributed by atoms with van der Waals surface area (Å²) in [6.07, 6.45) is 0.768. The molecular weight excluding hydrogens is 281 g/mol. The molecule has 0 amide bonds. The van der Waals surface area contributed by atoms with E-state index in [0.717, 1.165) is 21.8 Å². The largest absolute Gasteiger partial charge is 0.328 e. The highest BCUT2D eigenvalue weighted by Crippen LogP contribution is 2.36. The van der Waals surface area contributed by atoms with Crippen LogP contribution in [0.3, 0.4) is 0 Å². The molecular formula is C15H15ClFNS. The predicted molar refractivity (Wildman–Crippen MR) is 79.3 cm³/mol. The van der Waals surface area contributed by atoms with E-state index in [1.807, 2.05) is 25.1 Å². The van der Waals surface area contributed by atoms with Crippen molar-refractivity contribution in [3.05, 3.63) is 58.9 Å². The van der Waals surface area contributed by atoms with Crippen LogP contribution in [0.1, 0.15) is 12.5 Å². The van der Waals surface area contributed by atoms with Gasteiger partial charge in [-0.15, -0.1) is 0 Å². The molecule has 0 aliphatic rings. The van der Waals surface area contributed by atoms with Gasteiger partial charge in [-0.25, -0.2) is 4.39 Å². The summed E-state index contributed by atoms with van der Waals surface area (Å²) in [5, 5.41) is 0.701. The monoisotopic (exact) mass is 295 g/mol. The maximum atomic E-state index is 12.9. The molecule has 1 atom stereocenters. The maximum absolute atomic E-state index is 12.9. The van der Waals surface area contributed by atoms with Gasteiger partial charge in [-0.3, -0.25) is 0 Å². The van der Waals surface area contributed by atoms with E-state index in [9.17, 15) is 4.39 Å². The fraction of sp³-hybridized carbons (Fsp3) is 0.200. The van der Waals surface area contributed by atoms with E-state index in [-0.39, 0.29) is 11.9 Å². The van der Waals surface area contributed by atoms with Crippen molar-refractivity contribution >= 4 is 23.4 Å². The van der Waals surface area contributed by atoms with Crippen LogP contribution in [0.2, 0.25) is 5.02 Å². The molecule has 0 aliphatic carbocycles. The van der Waals surface area contributed by atoms with E-state index in [0.29, 0.717) is 5.02 Å². The molecule has 1 nitrogen and oxygen atoms in total. The summed E-state index contributed by atoms with van der Waals surface area (Å²) in [7, 11) is 0. The SMILES string of the molecule is CC(N)Cc1cccc(Cl)c1Sc1ccc(F)cc1. The van der Waals surface area contributed by atoms with Crippen molar-refractivity contribution in [2.45, 2.75) is 29.2 Å². The van der Waals surface area contributed by atoms with Crippen LogP contribution in [0.4, 0.5) is 4.39 Å². The fourth-order valence-corrected chi connectivity index (χ4v) is 3.06. The van der Waals surface area contributed by atoms with Gasteiger partial charge in [0.1, 0.15) is 5.82 Å². The lowest BCUT2D eigenvalue weighted by molar-refractivity contribution is 0.626. The highest BCUT2D eigenvalue weighted by molar-refractivity contribution is 7.99. The number of rotatable bonds is 4. The number of benzene rings is 2. The zero-order valence-electron chi connectivity index (χ0n) is 10.6. The second-order valence-corrected chi connectivity index (χ2v) is 5.96. The van der Waals surface area contributed by atoms with Gasteiger partial charge in [-0.05, 0) is 49.2 Å². The van der Waals surface area contributed by atoms with Gasteiger partial charge in [0.05, 0.1) is 5.02 Å². The summed E-state index contributed by atoms with van der Waals surface area (Å²) in [5.74, 6) is -0.237. The Hall–Kier alpha value is -1.03. The number of hydrogen-bond acceptors (Lipinski definition) is 2. The van der Waals surface area contributed by atoms with E-state index in [2.05, 4.69) is 0 Å². The van der Waals surface area contributed by atoms with E-state index in [4.69, 9.17) is 17.3 Å². The van der Waals surface area contributed by atoms with Crippen LogP contribution < -0.4 is 5.73 Å². The first-order chi connectivity index (χ1) is 9.06. The van der Waals surface area contributed by atoms with Crippen LogP contribution in [-0.2, 0) is 6.42 Å². The topological polar surface area (TPSA) is 26.0 Å². The molecule has 1 unspecified atom stereocenters. The lowest BCUT2D eigenvalue weighted by Gasteiger charge is -2.13. The summed E-state index contributed by atoms with van der Waals surface area (Å²) in [5.41, 5.74) is 6.98. The number of halogens is 2. The molecule has 0 heterocycles. The van der Waals surface area contributed by atoms with Crippen molar-refractivity contribution in [2.75, 3.05) is 0 Å². The molecule has 0 aromatic heterocycles. The Bertz CT molecular complexity index is 555. The van der Waals surface area contributed by atoms with E-state index in [1.54, 1.807) is 12.1 Å². The van der Waals surface area contributed by atoms with Gasteiger partial charge in [0.25, 0.3) is 0 Å². The number of nitrogens with two attached hydrogens (primary N) is 1. The van der Waals surface area contributed by atoms with Gasteiger partial charge in [0, 0.05) is 15.8 Å². The summed E-state index contributed by atoms with van der Waals surface area (Å²) >= 11 is 7.80. The molecule has 19 heavy (non-hydrogen) atoms. The van der Waals surface area contributed by atoms with Crippen LogP contribution in [-0.4, -0.2) is 6.04 Å². The highest BCUT2D eigenvalue weighted by atomic mass is 35.5. The Labute approximate surface area is 122 Å². The summed E-state index contributed by atoms with van der Waals surface area (Å²) < 4.78 is 12.9. The van der Waals surface area contributed by atoms with Gasteiger partial charge in [0.15, 0.2) is 0 Å². The normalized spacial score (nSPS) is 12.4. The molecule has 2 aromatic carbocycles. The predicted octanol–water partition coefficient (Wildman–Crippen LogP) is 4.52. The smallest absolute Gasteiger partial charge is 0.123 e. The van der Waals surface area contributed by atoms with Crippen molar-refractivity contribution in [2.24, 2.45) is 5.73 Å². The highest BCUT2D eigenvalue weighted by Gasteiger charge is 2.10. The molecule has 2 aromatic rings. The van der Waals surface area contributed by atoms with Crippen LogP contribution in [0, 0.1) is 5.82 Å². The van der Waals surface area contributed by atoms with Crippen molar-refractivity contribution in [1.82, 2.24) is 0 Å². The van der Waals surface area contributed by atoms with Crippen LogP contribution in [0.15, 0.2) is 52.3 Å². The first-order valence-corrected chi connectivity index (χ1v) is 7.22. The second kappa shape index (κ2) is 6.42. The molecule has 2 N–H and O–H groups in total. The molecule has 0 fully saturated rings. The summed E-state index contributed by atoms with van der Waals surface area (Å²) in [6.45, 7) is 1.97. The standard InChI is InChI=1S/C15H15ClFNS/c1-10(18)9-11-3-2-4-14(16)15(11)19-13-7-5-12(17)6-8-13/h2-8,10H,9,18H2,1H3. The third-order valence-electron chi connectivity index (χ3n) is 2.62. The Balaban J connectivity index is 2.30. The summed E-state index contributed by atoms with van der Waals surface area (Å²) in [6, 6.07) is 12.3. The third kappa shape index (κ3) is 3.96. The minimum absolute atomic E-state index is 0.0750. The molecule has 0 saturated carbocycles. The van der Waals surface area contributed by atoms with Crippen molar-refractivity contribution in [3.63, 3.8) is 0 Å².